The summed E-state index contributed by atoms with van der Waals surface area (Å²) in [4.78, 5) is 11.6. The van der Waals surface area contributed by atoms with Gasteiger partial charge in [-0.3, -0.25) is 4.79 Å². The van der Waals surface area contributed by atoms with Crippen molar-refractivity contribution in [1.29, 1.82) is 0 Å². The molecule has 4 heteroatoms. The molecule has 19 heavy (non-hydrogen) atoms. The van der Waals surface area contributed by atoms with E-state index < -0.39 is 0 Å². The zero-order valence-electron chi connectivity index (χ0n) is 11.0. The van der Waals surface area contributed by atoms with Crippen molar-refractivity contribution in [3.05, 3.63) is 59.5 Å². The van der Waals surface area contributed by atoms with Crippen LogP contribution in [0.1, 0.15) is 35.5 Å². The van der Waals surface area contributed by atoms with E-state index in [0.29, 0.717) is 0 Å². The summed E-state index contributed by atoms with van der Waals surface area (Å²) in [5, 5.41) is 4.06. The lowest BCUT2D eigenvalue weighted by Gasteiger charge is -2.03. The van der Waals surface area contributed by atoms with E-state index in [9.17, 15) is 4.79 Å². The predicted molar refractivity (Wildman–Crippen MR) is 74.2 cm³/mol. The summed E-state index contributed by atoms with van der Waals surface area (Å²) in [6.45, 7) is 3.96. The van der Waals surface area contributed by atoms with Crippen LogP contribution in [0.2, 0.25) is 0 Å². The molecular weight excluding hydrogens is 240 g/mol. The second kappa shape index (κ2) is 6.00. The molecule has 0 aliphatic carbocycles. The first-order chi connectivity index (χ1) is 9.20. The van der Waals surface area contributed by atoms with Gasteiger partial charge in [-0.2, -0.15) is 5.10 Å². The first-order valence-electron chi connectivity index (χ1n) is 6.18. The number of hydrazone groups is 1. The Labute approximate surface area is 112 Å². The highest BCUT2D eigenvalue weighted by Crippen LogP contribution is 2.06. The summed E-state index contributed by atoms with van der Waals surface area (Å²) in [7, 11) is 0. The number of carbonyl (C=O) groups excluding carboxylic acids is 1. The number of rotatable bonds is 4. The Balaban J connectivity index is 2.04. The Morgan fingerprint density at radius 2 is 2.00 bits per heavy atom. The summed E-state index contributed by atoms with van der Waals surface area (Å²) in [5.74, 6) is -0.104. The van der Waals surface area contributed by atoms with Crippen molar-refractivity contribution in [1.82, 2.24) is 5.43 Å². The summed E-state index contributed by atoms with van der Waals surface area (Å²) < 4.78 is 4.98. The number of nitrogens with one attached hydrogen (secondary N) is 1. The minimum atomic E-state index is -0.352. The van der Waals surface area contributed by atoms with Gasteiger partial charge in [0.2, 0.25) is 0 Å². The molecule has 98 valence electrons. The van der Waals surface area contributed by atoms with Gasteiger partial charge >= 0.3 is 5.91 Å². The van der Waals surface area contributed by atoms with Crippen molar-refractivity contribution in [3.63, 3.8) is 0 Å². The standard InChI is InChI=1S/C15H16N2O2/c1-3-12-6-8-13(9-7-12)11(2)16-17-15(18)14-5-4-10-19-14/h4-10H,3H2,1-2H3,(H,17,18)/b16-11+. The normalized spacial score (nSPS) is 11.4. The second-order valence-electron chi connectivity index (χ2n) is 4.17. The van der Waals surface area contributed by atoms with Gasteiger partial charge in [0.15, 0.2) is 5.76 Å². The van der Waals surface area contributed by atoms with Crippen molar-refractivity contribution >= 4 is 11.6 Å². The molecule has 1 N–H and O–H groups in total. The molecule has 0 saturated heterocycles. The molecule has 0 aliphatic heterocycles. The van der Waals surface area contributed by atoms with Gasteiger partial charge in [0.1, 0.15) is 0 Å². The average Bonchev–Trinajstić information content (AvgIpc) is 2.98. The lowest BCUT2D eigenvalue weighted by Crippen LogP contribution is -2.18. The molecule has 0 bridgehead atoms. The van der Waals surface area contributed by atoms with Gasteiger partial charge in [-0.1, -0.05) is 31.2 Å². The highest BCUT2D eigenvalue weighted by Gasteiger charge is 2.07. The number of benzene rings is 1. The second-order valence-corrected chi connectivity index (χ2v) is 4.17. The van der Waals surface area contributed by atoms with E-state index in [1.54, 1.807) is 12.1 Å². The van der Waals surface area contributed by atoms with Crippen LogP contribution in [0.25, 0.3) is 0 Å². The van der Waals surface area contributed by atoms with Crippen LogP contribution in [0, 0.1) is 0 Å². The Morgan fingerprint density at radius 3 is 2.58 bits per heavy atom. The van der Waals surface area contributed by atoms with Crippen LogP contribution in [0.5, 0.6) is 0 Å². The minimum Gasteiger partial charge on any atom is -0.459 e. The molecule has 2 rings (SSSR count). The first-order valence-corrected chi connectivity index (χ1v) is 6.18. The van der Waals surface area contributed by atoms with Gasteiger partial charge in [-0.05, 0) is 36.6 Å². The van der Waals surface area contributed by atoms with Gasteiger partial charge in [0.05, 0.1) is 12.0 Å². The van der Waals surface area contributed by atoms with E-state index in [-0.39, 0.29) is 11.7 Å². The monoisotopic (exact) mass is 256 g/mol. The lowest BCUT2D eigenvalue weighted by atomic mass is 10.1. The van der Waals surface area contributed by atoms with E-state index in [4.69, 9.17) is 4.42 Å². The summed E-state index contributed by atoms with van der Waals surface area (Å²) >= 11 is 0. The number of carbonyl (C=O) groups is 1. The van der Waals surface area contributed by atoms with Gasteiger partial charge < -0.3 is 4.42 Å². The highest BCUT2D eigenvalue weighted by atomic mass is 16.3. The van der Waals surface area contributed by atoms with Gasteiger partial charge in [0.25, 0.3) is 0 Å². The van der Waals surface area contributed by atoms with Crippen molar-refractivity contribution in [3.8, 4) is 0 Å². The van der Waals surface area contributed by atoms with Crippen LogP contribution in [-0.4, -0.2) is 11.6 Å². The molecule has 4 nitrogen and oxygen atoms in total. The van der Waals surface area contributed by atoms with Gasteiger partial charge in [-0.25, -0.2) is 5.43 Å². The minimum absolute atomic E-state index is 0.248. The maximum Gasteiger partial charge on any atom is 0.307 e. The van der Waals surface area contributed by atoms with Crippen LogP contribution >= 0.6 is 0 Å². The molecule has 1 amide bonds. The highest BCUT2D eigenvalue weighted by molar-refractivity contribution is 6.00. The number of furan rings is 1. The van der Waals surface area contributed by atoms with Gasteiger partial charge in [-0.15, -0.1) is 0 Å². The van der Waals surface area contributed by atoms with Crippen LogP contribution in [0.4, 0.5) is 0 Å². The predicted octanol–water partition coefficient (Wildman–Crippen LogP) is 3.00. The molecule has 2 aromatic rings. The molecular formula is C15H16N2O2. The average molecular weight is 256 g/mol. The number of aryl methyl sites for hydroxylation is 1. The van der Waals surface area contributed by atoms with Crippen molar-refractivity contribution in [2.24, 2.45) is 5.10 Å². The van der Waals surface area contributed by atoms with Crippen molar-refractivity contribution < 1.29 is 9.21 Å². The maximum atomic E-state index is 11.6. The number of hydrogen-bond acceptors (Lipinski definition) is 3. The fourth-order valence-electron chi connectivity index (χ4n) is 1.64. The third-order valence-electron chi connectivity index (χ3n) is 2.85. The van der Waals surface area contributed by atoms with E-state index in [0.717, 1.165) is 17.7 Å². The Morgan fingerprint density at radius 1 is 1.26 bits per heavy atom. The van der Waals surface area contributed by atoms with E-state index in [1.807, 2.05) is 19.1 Å². The fourth-order valence-corrected chi connectivity index (χ4v) is 1.64. The molecule has 0 aliphatic rings. The van der Waals surface area contributed by atoms with E-state index in [1.165, 1.54) is 11.8 Å². The fraction of sp³-hybridized carbons (Fsp3) is 0.200. The van der Waals surface area contributed by atoms with Crippen LogP contribution in [0.3, 0.4) is 0 Å². The molecule has 0 spiro atoms. The SMILES string of the molecule is CCc1ccc(/C(C)=N/NC(=O)c2ccco2)cc1. The zero-order valence-corrected chi connectivity index (χ0v) is 11.0. The molecule has 0 saturated carbocycles. The zero-order chi connectivity index (χ0) is 13.7. The van der Waals surface area contributed by atoms with Crippen molar-refractivity contribution in [2.75, 3.05) is 0 Å². The Hall–Kier alpha value is -2.36. The Kier molecular flexibility index (Phi) is 4.13. The Bertz CT molecular complexity index is 569. The smallest absolute Gasteiger partial charge is 0.307 e. The van der Waals surface area contributed by atoms with E-state index in [2.05, 4.69) is 29.6 Å². The van der Waals surface area contributed by atoms with Crippen LogP contribution in [0.15, 0.2) is 52.2 Å². The lowest BCUT2D eigenvalue weighted by molar-refractivity contribution is 0.0927. The molecule has 0 atom stereocenters. The molecule has 1 heterocycles. The third-order valence-corrected chi connectivity index (χ3v) is 2.85. The third kappa shape index (κ3) is 3.31. The van der Waals surface area contributed by atoms with Gasteiger partial charge in [0, 0.05) is 0 Å². The number of nitrogens with zero attached hydrogens (tertiary/aromatic N) is 1. The number of amides is 1. The van der Waals surface area contributed by atoms with Crippen LogP contribution < -0.4 is 5.43 Å². The largest absolute Gasteiger partial charge is 0.459 e. The molecule has 1 aromatic carbocycles. The summed E-state index contributed by atoms with van der Waals surface area (Å²) in [5.41, 5.74) is 5.48. The molecule has 1 aromatic heterocycles. The maximum absolute atomic E-state index is 11.6. The molecule has 0 radical (unpaired) electrons. The van der Waals surface area contributed by atoms with E-state index >= 15 is 0 Å². The van der Waals surface area contributed by atoms with Crippen molar-refractivity contribution in [2.45, 2.75) is 20.3 Å². The number of hydrogen-bond donors (Lipinski definition) is 1. The van der Waals surface area contributed by atoms with Crippen LogP contribution in [-0.2, 0) is 6.42 Å². The molecule has 0 unspecified atom stereocenters. The summed E-state index contributed by atoms with van der Waals surface area (Å²) in [6, 6.07) is 11.4. The summed E-state index contributed by atoms with van der Waals surface area (Å²) in [6.07, 6.45) is 2.46. The molecule has 0 fully saturated rings. The first kappa shape index (κ1) is 13.1. The quantitative estimate of drug-likeness (QED) is 0.675. The topological polar surface area (TPSA) is 54.6 Å².